The molecule has 1 aromatic carbocycles. The van der Waals surface area contributed by atoms with Gasteiger partial charge in [-0.15, -0.1) is 0 Å². The summed E-state index contributed by atoms with van der Waals surface area (Å²) in [5.41, 5.74) is 0.335. The monoisotopic (exact) mass is 345 g/mol. The zero-order chi connectivity index (χ0) is 16.4. The smallest absolute Gasteiger partial charge is 0.262 e. The second-order valence-corrected chi connectivity index (χ2v) is 6.66. The number of aromatic nitrogens is 2. The Hall–Kier alpha value is -2.23. The molecule has 0 amide bonds. The van der Waals surface area contributed by atoms with Crippen LogP contribution in [0.2, 0.25) is 5.02 Å². The highest BCUT2D eigenvalue weighted by molar-refractivity contribution is 8.00. The van der Waals surface area contributed by atoms with E-state index in [2.05, 4.69) is 11.1 Å². The van der Waals surface area contributed by atoms with Crippen molar-refractivity contribution in [2.45, 2.75) is 23.9 Å². The van der Waals surface area contributed by atoms with Gasteiger partial charge in [0.05, 0.1) is 35.0 Å². The molecule has 3 rings (SSSR count). The van der Waals surface area contributed by atoms with Crippen molar-refractivity contribution in [3.05, 3.63) is 57.7 Å². The average Bonchev–Trinajstić information content (AvgIpc) is 3.03. The third-order valence-electron chi connectivity index (χ3n) is 3.24. The normalized spacial score (nSPS) is 12.2. The first kappa shape index (κ1) is 15.7. The minimum absolute atomic E-state index is 0.185. The van der Waals surface area contributed by atoms with Crippen molar-refractivity contribution in [2.75, 3.05) is 0 Å². The first-order chi connectivity index (χ1) is 11.1. The van der Waals surface area contributed by atoms with E-state index in [4.69, 9.17) is 21.3 Å². The van der Waals surface area contributed by atoms with E-state index in [0.29, 0.717) is 26.8 Å². The van der Waals surface area contributed by atoms with Gasteiger partial charge in [-0.05, 0) is 37.3 Å². The van der Waals surface area contributed by atoms with Crippen LogP contribution in [0.1, 0.15) is 12.7 Å². The minimum Gasteiger partial charge on any atom is -0.467 e. The minimum atomic E-state index is -0.332. The standard InChI is InChI=1S/C16H12ClN3O2S/c1-10(8-18)23-16-19-14-7-11(17)4-5-13(14)15(21)20(16)9-12-3-2-6-22-12/h2-7,10H,9H2,1H3. The molecule has 3 aromatic rings. The Morgan fingerprint density at radius 3 is 3.00 bits per heavy atom. The maximum Gasteiger partial charge on any atom is 0.262 e. The number of rotatable bonds is 4. The maximum absolute atomic E-state index is 12.8. The van der Waals surface area contributed by atoms with Gasteiger partial charge in [0.25, 0.3) is 5.56 Å². The number of nitriles is 1. The van der Waals surface area contributed by atoms with E-state index in [0.717, 1.165) is 0 Å². The van der Waals surface area contributed by atoms with Gasteiger partial charge >= 0.3 is 0 Å². The highest BCUT2D eigenvalue weighted by Crippen LogP contribution is 2.24. The molecule has 1 atom stereocenters. The second-order valence-electron chi connectivity index (χ2n) is 4.92. The zero-order valence-corrected chi connectivity index (χ0v) is 13.8. The number of nitrogens with zero attached hydrogens (tertiary/aromatic N) is 3. The van der Waals surface area contributed by atoms with E-state index in [1.54, 1.807) is 43.5 Å². The van der Waals surface area contributed by atoms with Crippen LogP contribution in [-0.2, 0) is 6.54 Å². The van der Waals surface area contributed by atoms with Crippen molar-refractivity contribution in [1.82, 2.24) is 9.55 Å². The molecule has 0 bridgehead atoms. The molecule has 0 N–H and O–H groups in total. The van der Waals surface area contributed by atoms with E-state index in [-0.39, 0.29) is 17.4 Å². The number of benzene rings is 1. The topological polar surface area (TPSA) is 71.8 Å². The number of thioether (sulfide) groups is 1. The summed E-state index contributed by atoms with van der Waals surface area (Å²) in [6, 6.07) is 10.7. The first-order valence-corrected chi connectivity index (χ1v) is 8.13. The first-order valence-electron chi connectivity index (χ1n) is 6.87. The van der Waals surface area contributed by atoms with Crippen molar-refractivity contribution < 1.29 is 4.42 Å². The quantitative estimate of drug-likeness (QED) is 0.532. The third-order valence-corrected chi connectivity index (χ3v) is 4.46. The van der Waals surface area contributed by atoms with Crippen LogP contribution in [0.5, 0.6) is 0 Å². The summed E-state index contributed by atoms with van der Waals surface area (Å²) >= 11 is 7.22. The van der Waals surface area contributed by atoms with Gasteiger partial charge in [-0.3, -0.25) is 9.36 Å². The fraction of sp³-hybridized carbons (Fsp3) is 0.188. The van der Waals surface area contributed by atoms with Crippen LogP contribution in [-0.4, -0.2) is 14.8 Å². The summed E-state index contributed by atoms with van der Waals surface area (Å²) in [5, 5.41) is 10.2. The second kappa shape index (κ2) is 6.49. The van der Waals surface area contributed by atoms with E-state index in [1.807, 2.05) is 0 Å². The van der Waals surface area contributed by atoms with Gasteiger partial charge in [0.1, 0.15) is 5.76 Å². The Balaban J connectivity index is 2.19. The van der Waals surface area contributed by atoms with Crippen LogP contribution < -0.4 is 5.56 Å². The van der Waals surface area contributed by atoms with E-state index in [9.17, 15) is 4.79 Å². The molecular weight excluding hydrogens is 334 g/mol. The Morgan fingerprint density at radius 2 is 2.30 bits per heavy atom. The summed E-state index contributed by atoms with van der Waals surface area (Å²) in [6.07, 6.45) is 1.55. The van der Waals surface area contributed by atoms with Crippen LogP contribution >= 0.6 is 23.4 Å². The molecule has 0 radical (unpaired) electrons. The number of furan rings is 1. The SMILES string of the molecule is CC(C#N)Sc1nc2cc(Cl)ccc2c(=O)n1Cc1ccco1. The maximum atomic E-state index is 12.8. The van der Waals surface area contributed by atoms with E-state index >= 15 is 0 Å². The summed E-state index contributed by atoms with van der Waals surface area (Å²) < 4.78 is 6.85. The number of hydrogen-bond acceptors (Lipinski definition) is 5. The number of hydrogen-bond donors (Lipinski definition) is 0. The molecule has 0 fully saturated rings. The largest absolute Gasteiger partial charge is 0.467 e. The van der Waals surface area contributed by atoms with Gasteiger partial charge in [-0.25, -0.2) is 4.98 Å². The lowest BCUT2D eigenvalue weighted by Crippen LogP contribution is -2.24. The van der Waals surface area contributed by atoms with Crippen molar-refractivity contribution in [2.24, 2.45) is 0 Å². The van der Waals surface area contributed by atoms with Crippen molar-refractivity contribution in [3.63, 3.8) is 0 Å². The van der Waals surface area contributed by atoms with Crippen LogP contribution in [0, 0.1) is 11.3 Å². The van der Waals surface area contributed by atoms with Crippen molar-refractivity contribution in [3.8, 4) is 6.07 Å². The van der Waals surface area contributed by atoms with Gasteiger partial charge in [0.15, 0.2) is 5.16 Å². The molecule has 0 aliphatic rings. The molecule has 0 saturated carbocycles. The Morgan fingerprint density at radius 1 is 1.48 bits per heavy atom. The Bertz CT molecular complexity index is 944. The van der Waals surface area contributed by atoms with E-state index < -0.39 is 0 Å². The molecule has 0 spiro atoms. The van der Waals surface area contributed by atoms with Crippen LogP contribution in [0.25, 0.3) is 10.9 Å². The zero-order valence-electron chi connectivity index (χ0n) is 12.2. The molecule has 5 nitrogen and oxygen atoms in total. The lowest BCUT2D eigenvalue weighted by atomic mass is 10.2. The van der Waals surface area contributed by atoms with E-state index in [1.165, 1.54) is 16.3 Å². The highest BCUT2D eigenvalue weighted by atomic mass is 35.5. The molecule has 0 aliphatic heterocycles. The molecule has 2 aromatic heterocycles. The summed E-state index contributed by atoms with van der Waals surface area (Å²) in [6.45, 7) is 2.02. The summed E-state index contributed by atoms with van der Waals surface area (Å²) in [7, 11) is 0. The predicted molar refractivity (Wildman–Crippen MR) is 89.8 cm³/mol. The summed E-state index contributed by atoms with van der Waals surface area (Å²) in [4.78, 5) is 17.3. The highest BCUT2D eigenvalue weighted by Gasteiger charge is 2.15. The fourth-order valence-electron chi connectivity index (χ4n) is 2.15. The van der Waals surface area contributed by atoms with Gasteiger partial charge in [-0.1, -0.05) is 23.4 Å². The average molecular weight is 346 g/mol. The third kappa shape index (κ3) is 3.26. The molecule has 116 valence electrons. The van der Waals surface area contributed by atoms with Crippen molar-refractivity contribution >= 4 is 34.3 Å². The Labute approximate surface area is 141 Å². The number of fused-ring (bicyclic) bond motifs is 1. The molecule has 2 heterocycles. The molecule has 23 heavy (non-hydrogen) atoms. The Kier molecular flexibility index (Phi) is 4.42. The fourth-order valence-corrected chi connectivity index (χ4v) is 3.11. The lowest BCUT2D eigenvalue weighted by Gasteiger charge is -2.12. The molecule has 0 saturated heterocycles. The van der Waals surface area contributed by atoms with Crippen LogP contribution in [0.15, 0.2) is 51.0 Å². The van der Waals surface area contributed by atoms with Gasteiger partial charge in [0.2, 0.25) is 0 Å². The molecule has 1 unspecified atom stereocenters. The molecule has 7 heteroatoms. The van der Waals surface area contributed by atoms with Crippen LogP contribution in [0.3, 0.4) is 0 Å². The van der Waals surface area contributed by atoms with Gasteiger partial charge in [0, 0.05) is 5.02 Å². The predicted octanol–water partition coefficient (Wildman–Crippen LogP) is 3.70. The van der Waals surface area contributed by atoms with Gasteiger partial charge in [-0.2, -0.15) is 5.26 Å². The van der Waals surface area contributed by atoms with Gasteiger partial charge < -0.3 is 4.42 Å². The summed E-state index contributed by atoms with van der Waals surface area (Å²) in [5.74, 6) is 0.647. The molecular formula is C16H12ClN3O2S. The molecule has 0 aliphatic carbocycles. The van der Waals surface area contributed by atoms with Crippen molar-refractivity contribution in [1.29, 1.82) is 5.26 Å². The van der Waals surface area contributed by atoms with Crippen LogP contribution in [0.4, 0.5) is 0 Å². The number of halogens is 1. The lowest BCUT2D eigenvalue weighted by molar-refractivity contribution is 0.476.